The Labute approximate surface area is 158 Å². The van der Waals surface area contributed by atoms with Crippen molar-refractivity contribution >= 4 is 12.1 Å². The minimum Gasteiger partial charge on any atom is -0.507 e. The summed E-state index contributed by atoms with van der Waals surface area (Å²) in [6.45, 7) is 0. The zero-order chi connectivity index (χ0) is 18.7. The van der Waals surface area contributed by atoms with Gasteiger partial charge in [0.15, 0.2) is 0 Å². The number of hydrogen-bond acceptors (Lipinski definition) is 3. The van der Waals surface area contributed by atoms with Gasteiger partial charge in [-0.15, -0.1) is 0 Å². The lowest BCUT2D eigenvalue weighted by atomic mass is 9.85. The molecule has 27 heavy (non-hydrogen) atoms. The lowest BCUT2D eigenvalue weighted by Gasteiger charge is -2.18. The summed E-state index contributed by atoms with van der Waals surface area (Å²) in [5.41, 5.74) is 5.17. The maximum absolute atomic E-state index is 12.8. The monoisotopic (exact) mass is 356 g/mol. The molecule has 0 bridgehead atoms. The van der Waals surface area contributed by atoms with Crippen molar-refractivity contribution in [3.63, 3.8) is 0 Å². The quantitative estimate of drug-likeness (QED) is 0.539. The third-order valence-electron chi connectivity index (χ3n) is 5.17. The summed E-state index contributed by atoms with van der Waals surface area (Å²) < 4.78 is 0. The van der Waals surface area contributed by atoms with Crippen LogP contribution in [-0.4, -0.2) is 17.2 Å². The van der Waals surface area contributed by atoms with Crippen LogP contribution in [-0.2, 0) is 10.2 Å². The first-order chi connectivity index (χ1) is 13.2. The van der Waals surface area contributed by atoms with E-state index in [-0.39, 0.29) is 23.0 Å². The SMILES string of the molecule is O=C(N/N=C/c1ccccc1O)C1CC1(c1ccccc1)c1ccccc1. The third-order valence-corrected chi connectivity index (χ3v) is 5.17. The van der Waals surface area contributed by atoms with Crippen LogP contribution in [0.4, 0.5) is 0 Å². The molecule has 1 atom stereocenters. The highest BCUT2D eigenvalue weighted by Gasteiger charge is 2.60. The fourth-order valence-corrected chi connectivity index (χ4v) is 3.70. The molecule has 0 radical (unpaired) electrons. The number of phenolic OH excluding ortho intramolecular Hbond substituents is 1. The summed E-state index contributed by atoms with van der Waals surface area (Å²) in [6, 6.07) is 27.1. The summed E-state index contributed by atoms with van der Waals surface area (Å²) in [7, 11) is 0. The molecule has 1 aliphatic rings. The van der Waals surface area contributed by atoms with Gasteiger partial charge in [-0.3, -0.25) is 4.79 Å². The maximum Gasteiger partial charge on any atom is 0.244 e. The molecule has 1 fully saturated rings. The number of nitrogens with one attached hydrogen (secondary N) is 1. The molecular formula is C23H20N2O2. The predicted molar refractivity (Wildman–Crippen MR) is 106 cm³/mol. The number of hydrogen-bond donors (Lipinski definition) is 2. The summed E-state index contributed by atoms with van der Waals surface area (Å²) in [6.07, 6.45) is 2.21. The van der Waals surface area contributed by atoms with Gasteiger partial charge in [-0.2, -0.15) is 5.10 Å². The number of hydrazone groups is 1. The molecule has 0 aliphatic heterocycles. The number of benzene rings is 3. The average Bonchev–Trinajstić information content (AvgIpc) is 3.48. The van der Waals surface area contributed by atoms with Crippen molar-refractivity contribution in [2.45, 2.75) is 11.8 Å². The van der Waals surface area contributed by atoms with Crippen molar-refractivity contribution in [2.24, 2.45) is 11.0 Å². The van der Waals surface area contributed by atoms with Gasteiger partial charge in [0.05, 0.1) is 12.1 Å². The fraction of sp³-hybridized carbons (Fsp3) is 0.130. The van der Waals surface area contributed by atoms with Crippen molar-refractivity contribution in [3.05, 3.63) is 102 Å². The number of carbonyl (C=O) groups is 1. The highest BCUT2D eigenvalue weighted by molar-refractivity contribution is 5.88. The van der Waals surface area contributed by atoms with Crippen LogP contribution in [0.25, 0.3) is 0 Å². The van der Waals surface area contributed by atoms with Gasteiger partial charge in [0.2, 0.25) is 5.91 Å². The smallest absolute Gasteiger partial charge is 0.244 e. The number of phenols is 1. The van der Waals surface area contributed by atoms with Crippen LogP contribution in [0.3, 0.4) is 0 Å². The third kappa shape index (κ3) is 3.22. The molecule has 1 unspecified atom stereocenters. The van der Waals surface area contributed by atoms with Crippen molar-refractivity contribution in [1.29, 1.82) is 0 Å². The van der Waals surface area contributed by atoms with E-state index in [0.717, 1.165) is 17.5 Å². The van der Waals surface area contributed by atoms with E-state index >= 15 is 0 Å². The highest BCUT2D eigenvalue weighted by Crippen LogP contribution is 2.58. The molecule has 3 aromatic rings. The first-order valence-corrected chi connectivity index (χ1v) is 8.94. The van der Waals surface area contributed by atoms with Crippen LogP contribution in [0.15, 0.2) is 90.0 Å². The molecule has 1 amide bonds. The molecule has 0 aromatic heterocycles. The van der Waals surface area contributed by atoms with Crippen molar-refractivity contribution < 1.29 is 9.90 Å². The lowest BCUT2D eigenvalue weighted by Crippen LogP contribution is -2.25. The van der Waals surface area contributed by atoms with Crippen LogP contribution in [0.2, 0.25) is 0 Å². The van der Waals surface area contributed by atoms with Gasteiger partial charge >= 0.3 is 0 Å². The van der Waals surface area contributed by atoms with Gasteiger partial charge in [-0.1, -0.05) is 72.8 Å². The Bertz CT molecular complexity index is 928. The lowest BCUT2D eigenvalue weighted by molar-refractivity contribution is -0.122. The Hall–Kier alpha value is -3.40. The second-order valence-electron chi connectivity index (χ2n) is 6.75. The summed E-state index contributed by atoms with van der Waals surface area (Å²) in [5, 5.41) is 13.8. The van der Waals surface area contributed by atoms with Crippen LogP contribution < -0.4 is 5.43 Å². The molecule has 2 N–H and O–H groups in total. The van der Waals surface area contributed by atoms with Crippen LogP contribution in [0, 0.1) is 5.92 Å². The Balaban J connectivity index is 1.55. The Morgan fingerprint density at radius 1 is 0.926 bits per heavy atom. The van der Waals surface area contributed by atoms with Crippen LogP contribution >= 0.6 is 0 Å². The molecule has 4 rings (SSSR count). The molecule has 0 saturated heterocycles. The minimum absolute atomic E-state index is 0.116. The summed E-state index contributed by atoms with van der Waals surface area (Å²) in [4.78, 5) is 12.8. The van der Waals surface area contributed by atoms with Crippen molar-refractivity contribution in [3.8, 4) is 5.75 Å². The van der Waals surface area contributed by atoms with E-state index in [1.807, 2.05) is 36.4 Å². The van der Waals surface area contributed by atoms with Gasteiger partial charge in [0, 0.05) is 11.0 Å². The van der Waals surface area contributed by atoms with Crippen LogP contribution in [0.5, 0.6) is 5.75 Å². The topological polar surface area (TPSA) is 61.7 Å². The largest absolute Gasteiger partial charge is 0.507 e. The van der Waals surface area contributed by atoms with E-state index in [1.54, 1.807) is 24.3 Å². The van der Waals surface area contributed by atoms with Gasteiger partial charge in [-0.25, -0.2) is 5.43 Å². The number of carbonyl (C=O) groups excluding carboxylic acids is 1. The molecule has 134 valence electrons. The van der Waals surface area contributed by atoms with E-state index in [9.17, 15) is 9.90 Å². The van der Waals surface area contributed by atoms with Gasteiger partial charge < -0.3 is 5.11 Å². The maximum atomic E-state index is 12.8. The van der Waals surface area contributed by atoms with Gasteiger partial charge in [0.1, 0.15) is 5.75 Å². The van der Waals surface area contributed by atoms with E-state index < -0.39 is 0 Å². The normalized spacial score (nSPS) is 17.6. The molecule has 0 spiro atoms. The number of aromatic hydroxyl groups is 1. The molecular weight excluding hydrogens is 336 g/mol. The zero-order valence-electron chi connectivity index (χ0n) is 14.7. The second-order valence-corrected chi connectivity index (χ2v) is 6.75. The van der Waals surface area contributed by atoms with E-state index in [4.69, 9.17) is 0 Å². The van der Waals surface area contributed by atoms with Crippen LogP contribution in [0.1, 0.15) is 23.1 Å². The summed E-state index contributed by atoms with van der Waals surface area (Å²) >= 11 is 0. The van der Waals surface area contributed by atoms with Gasteiger partial charge in [-0.05, 0) is 29.7 Å². The molecule has 1 aliphatic carbocycles. The number of amides is 1. The molecule has 1 saturated carbocycles. The van der Waals surface area contributed by atoms with E-state index in [1.165, 1.54) is 6.21 Å². The van der Waals surface area contributed by atoms with Crippen molar-refractivity contribution in [1.82, 2.24) is 5.43 Å². The second kappa shape index (κ2) is 7.08. The first kappa shape index (κ1) is 17.0. The van der Waals surface area contributed by atoms with E-state index in [0.29, 0.717) is 5.56 Å². The zero-order valence-corrected chi connectivity index (χ0v) is 14.7. The molecule has 4 heteroatoms. The Morgan fingerprint density at radius 3 is 2.07 bits per heavy atom. The highest BCUT2D eigenvalue weighted by atomic mass is 16.3. The number of rotatable bonds is 5. The predicted octanol–water partition coefficient (Wildman–Crippen LogP) is 3.85. The molecule has 4 nitrogen and oxygen atoms in total. The first-order valence-electron chi connectivity index (χ1n) is 8.94. The standard InChI is InChI=1S/C23H20N2O2/c26-21-14-8-7-9-17(21)16-24-25-22(27)20-15-23(20,18-10-3-1-4-11-18)19-12-5-2-6-13-19/h1-14,16,20,26H,15H2,(H,25,27)/b24-16+. The Morgan fingerprint density at radius 2 is 1.48 bits per heavy atom. The number of para-hydroxylation sites is 1. The number of nitrogens with zero attached hydrogens (tertiary/aromatic N) is 1. The fourth-order valence-electron chi connectivity index (χ4n) is 3.70. The van der Waals surface area contributed by atoms with E-state index in [2.05, 4.69) is 34.8 Å². The Kier molecular flexibility index (Phi) is 4.47. The average molecular weight is 356 g/mol. The summed E-state index contributed by atoms with van der Waals surface area (Å²) in [5.74, 6) is -0.164. The molecule has 0 heterocycles. The van der Waals surface area contributed by atoms with Gasteiger partial charge in [0.25, 0.3) is 0 Å². The molecule has 3 aromatic carbocycles. The van der Waals surface area contributed by atoms with Crippen molar-refractivity contribution in [2.75, 3.05) is 0 Å². The minimum atomic E-state index is -0.309.